The number of rotatable bonds is 6. The van der Waals surface area contributed by atoms with E-state index in [0.29, 0.717) is 12.6 Å². The van der Waals surface area contributed by atoms with Crippen LogP contribution < -0.4 is 10.1 Å². The number of hydrogen-bond acceptors (Lipinski definition) is 3. The van der Waals surface area contributed by atoms with Gasteiger partial charge in [-0.2, -0.15) is 0 Å². The molecular weight excluding hydrogens is 314 g/mol. The van der Waals surface area contributed by atoms with Gasteiger partial charge in [0.05, 0.1) is 6.10 Å². The number of nitrogens with one attached hydrogen (secondary N) is 1. The summed E-state index contributed by atoms with van der Waals surface area (Å²) in [6.07, 6.45) is 9.37. The minimum atomic E-state index is 0.221. The highest BCUT2D eigenvalue weighted by Crippen LogP contribution is 2.59. The molecule has 1 N–H and O–H groups in total. The van der Waals surface area contributed by atoms with Crippen molar-refractivity contribution in [1.29, 1.82) is 0 Å². The fourth-order valence-electron chi connectivity index (χ4n) is 4.44. The molecule has 2 saturated carbocycles. The lowest BCUT2D eigenvalue weighted by Gasteiger charge is -2.22. The van der Waals surface area contributed by atoms with Crippen LogP contribution in [0.4, 0.5) is 0 Å². The number of hydrogen-bond donors (Lipinski definition) is 1. The second kappa shape index (κ2) is 7.36. The van der Waals surface area contributed by atoms with Crippen LogP contribution in [0, 0.1) is 11.3 Å². The Morgan fingerprint density at radius 2 is 1.88 bits per heavy atom. The largest absolute Gasteiger partial charge is 0.490 e. The van der Waals surface area contributed by atoms with Gasteiger partial charge in [0, 0.05) is 25.7 Å². The minimum absolute atomic E-state index is 0.221. The number of benzene rings is 1. The molecule has 1 saturated heterocycles. The summed E-state index contributed by atoms with van der Waals surface area (Å²) in [6.45, 7) is 2.35. The second-order valence-corrected chi connectivity index (χ2v) is 7.94. The topological polar surface area (TPSA) is 47.6 Å². The molecule has 3 aliphatic rings. The summed E-state index contributed by atoms with van der Waals surface area (Å²) in [7, 11) is 0. The van der Waals surface area contributed by atoms with Crippen LogP contribution >= 0.6 is 0 Å². The van der Waals surface area contributed by atoms with Crippen molar-refractivity contribution in [2.75, 3.05) is 19.8 Å². The minimum Gasteiger partial charge on any atom is -0.490 e. The maximum absolute atomic E-state index is 12.3. The molecule has 1 unspecified atom stereocenters. The lowest BCUT2D eigenvalue weighted by molar-refractivity contribution is -0.123. The van der Waals surface area contributed by atoms with E-state index in [4.69, 9.17) is 9.47 Å². The lowest BCUT2D eigenvalue weighted by Crippen LogP contribution is -2.31. The van der Waals surface area contributed by atoms with E-state index in [2.05, 4.69) is 29.6 Å². The van der Waals surface area contributed by atoms with Gasteiger partial charge in [0.2, 0.25) is 5.91 Å². The SMILES string of the molecule is O=C(NCCc1ccc(OC2CCCC2)cc1)C1CC12CCOCC2. The zero-order valence-electron chi connectivity index (χ0n) is 15.0. The van der Waals surface area contributed by atoms with Gasteiger partial charge < -0.3 is 14.8 Å². The third-order valence-electron chi connectivity index (χ3n) is 6.24. The van der Waals surface area contributed by atoms with Crippen molar-refractivity contribution in [2.45, 2.75) is 57.5 Å². The lowest BCUT2D eigenvalue weighted by atomic mass is 9.93. The van der Waals surface area contributed by atoms with Crippen LogP contribution in [0.15, 0.2) is 24.3 Å². The van der Waals surface area contributed by atoms with Crippen LogP contribution in [-0.4, -0.2) is 31.8 Å². The van der Waals surface area contributed by atoms with E-state index in [1.165, 1.54) is 31.2 Å². The van der Waals surface area contributed by atoms with Gasteiger partial charge in [-0.05, 0) is 74.5 Å². The van der Waals surface area contributed by atoms with E-state index in [0.717, 1.165) is 44.6 Å². The zero-order chi connectivity index (χ0) is 17.1. The molecule has 1 atom stereocenters. The third kappa shape index (κ3) is 4.00. The summed E-state index contributed by atoms with van der Waals surface area (Å²) in [5.74, 6) is 1.43. The van der Waals surface area contributed by atoms with Crippen LogP contribution in [0.25, 0.3) is 0 Å². The third-order valence-corrected chi connectivity index (χ3v) is 6.24. The molecule has 1 heterocycles. The molecule has 1 amide bonds. The van der Waals surface area contributed by atoms with E-state index in [9.17, 15) is 4.79 Å². The van der Waals surface area contributed by atoms with Gasteiger partial charge >= 0.3 is 0 Å². The van der Waals surface area contributed by atoms with E-state index in [-0.39, 0.29) is 17.2 Å². The summed E-state index contributed by atoms with van der Waals surface area (Å²) in [4.78, 5) is 12.3. The first-order valence-electron chi connectivity index (χ1n) is 9.86. The van der Waals surface area contributed by atoms with E-state index >= 15 is 0 Å². The molecule has 136 valence electrons. The van der Waals surface area contributed by atoms with Crippen molar-refractivity contribution < 1.29 is 14.3 Å². The Morgan fingerprint density at radius 3 is 2.60 bits per heavy atom. The Bertz CT molecular complexity index is 586. The predicted octanol–water partition coefficient (Wildman–Crippen LogP) is 3.48. The molecule has 4 rings (SSSR count). The van der Waals surface area contributed by atoms with Crippen LogP contribution in [0.1, 0.15) is 50.5 Å². The maximum atomic E-state index is 12.3. The van der Waals surface area contributed by atoms with E-state index in [1.807, 2.05) is 0 Å². The Labute approximate surface area is 150 Å². The average molecular weight is 343 g/mol. The first-order chi connectivity index (χ1) is 12.3. The highest BCUT2D eigenvalue weighted by Gasteiger charge is 2.57. The quantitative estimate of drug-likeness (QED) is 0.860. The van der Waals surface area contributed by atoms with Crippen LogP contribution in [0.2, 0.25) is 0 Å². The molecule has 4 heteroatoms. The zero-order valence-corrected chi connectivity index (χ0v) is 15.0. The van der Waals surface area contributed by atoms with Gasteiger partial charge in [0.25, 0.3) is 0 Å². The summed E-state index contributed by atoms with van der Waals surface area (Å²) >= 11 is 0. The monoisotopic (exact) mass is 343 g/mol. The summed E-state index contributed by atoms with van der Waals surface area (Å²) in [6, 6.07) is 8.36. The van der Waals surface area contributed by atoms with Crippen LogP contribution in [0.3, 0.4) is 0 Å². The number of amides is 1. The van der Waals surface area contributed by atoms with Crippen molar-refractivity contribution in [3.8, 4) is 5.75 Å². The molecule has 25 heavy (non-hydrogen) atoms. The maximum Gasteiger partial charge on any atom is 0.223 e. The van der Waals surface area contributed by atoms with Gasteiger partial charge in [-0.3, -0.25) is 4.79 Å². The standard InChI is InChI=1S/C21H29NO3/c23-20(19-15-21(19)10-13-24-14-11-21)22-12-9-16-5-7-18(8-6-16)25-17-3-1-2-4-17/h5-8,17,19H,1-4,9-15H2,(H,22,23). The number of ether oxygens (including phenoxy) is 2. The summed E-state index contributed by atoms with van der Waals surface area (Å²) in [5.41, 5.74) is 1.51. The molecule has 0 bridgehead atoms. The molecule has 0 radical (unpaired) electrons. The van der Waals surface area contributed by atoms with Crippen molar-refractivity contribution in [3.63, 3.8) is 0 Å². The van der Waals surface area contributed by atoms with Crippen molar-refractivity contribution in [2.24, 2.45) is 11.3 Å². The highest BCUT2D eigenvalue weighted by atomic mass is 16.5. The highest BCUT2D eigenvalue weighted by molar-refractivity contribution is 5.82. The van der Waals surface area contributed by atoms with Crippen LogP contribution in [0.5, 0.6) is 5.75 Å². The van der Waals surface area contributed by atoms with Gasteiger partial charge in [-0.15, -0.1) is 0 Å². The second-order valence-electron chi connectivity index (χ2n) is 7.94. The Balaban J connectivity index is 1.19. The van der Waals surface area contributed by atoms with Gasteiger partial charge in [-0.1, -0.05) is 12.1 Å². The molecule has 1 aromatic rings. The van der Waals surface area contributed by atoms with Gasteiger partial charge in [-0.25, -0.2) is 0 Å². The van der Waals surface area contributed by atoms with Gasteiger partial charge in [0.15, 0.2) is 0 Å². The molecule has 3 fully saturated rings. The fourth-order valence-corrected chi connectivity index (χ4v) is 4.44. The molecule has 4 nitrogen and oxygen atoms in total. The molecule has 1 aromatic carbocycles. The normalized spacial score (nSPS) is 25.0. The van der Waals surface area contributed by atoms with Crippen LogP contribution in [-0.2, 0) is 16.0 Å². The first-order valence-corrected chi connectivity index (χ1v) is 9.86. The first kappa shape index (κ1) is 16.9. The fraction of sp³-hybridized carbons (Fsp3) is 0.667. The molecule has 0 aromatic heterocycles. The summed E-state index contributed by atoms with van der Waals surface area (Å²) in [5, 5.41) is 3.13. The predicted molar refractivity (Wildman–Crippen MR) is 96.6 cm³/mol. The Kier molecular flexibility index (Phi) is 4.98. The van der Waals surface area contributed by atoms with Crippen molar-refractivity contribution in [3.05, 3.63) is 29.8 Å². The van der Waals surface area contributed by atoms with E-state index in [1.54, 1.807) is 0 Å². The Hall–Kier alpha value is -1.55. The Morgan fingerprint density at radius 1 is 1.16 bits per heavy atom. The molecule has 1 spiro atoms. The average Bonchev–Trinajstić information content (AvgIpc) is 3.07. The molecular formula is C21H29NO3. The van der Waals surface area contributed by atoms with E-state index < -0.39 is 0 Å². The summed E-state index contributed by atoms with van der Waals surface area (Å²) < 4.78 is 11.4. The van der Waals surface area contributed by atoms with Gasteiger partial charge in [0.1, 0.15) is 5.75 Å². The van der Waals surface area contributed by atoms with Crippen molar-refractivity contribution >= 4 is 5.91 Å². The van der Waals surface area contributed by atoms with Crippen molar-refractivity contribution in [1.82, 2.24) is 5.32 Å². The molecule has 2 aliphatic carbocycles. The number of carbonyl (C=O) groups is 1. The molecule has 1 aliphatic heterocycles. The number of carbonyl (C=O) groups excluding carboxylic acids is 1. The smallest absolute Gasteiger partial charge is 0.223 e.